The lowest BCUT2D eigenvalue weighted by molar-refractivity contribution is 0.390. The summed E-state index contributed by atoms with van der Waals surface area (Å²) in [6.45, 7) is 0. The van der Waals surface area contributed by atoms with E-state index in [4.69, 9.17) is 15.9 Å². The minimum atomic E-state index is 0.485. The third-order valence-corrected chi connectivity index (χ3v) is 1.42. The molecule has 0 fully saturated rings. The van der Waals surface area contributed by atoms with Crippen LogP contribution in [0.25, 0.3) is 0 Å². The molecule has 12 heavy (non-hydrogen) atoms. The molecule has 0 bridgehead atoms. The highest BCUT2D eigenvalue weighted by molar-refractivity contribution is 5.43. The molecule has 0 aromatic carbocycles. The average molecular weight is 163 g/mol. The van der Waals surface area contributed by atoms with Crippen molar-refractivity contribution in [3.05, 3.63) is 18.0 Å². The first-order valence-electron chi connectivity index (χ1n) is 3.36. The monoisotopic (exact) mass is 163 g/mol. The van der Waals surface area contributed by atoms with Crippen molar-refractivity contribution in [1.29, 1.82) is 0 Å². The van der Waals surface area contributed by atoms with Gasteiger partial charge in [-0.2, -0.15) is 0 Å². The highest BCUT2D eigenvalue weighted by atomic mass is 16.5. The Balaban J connectivity index is 3.13. The molecule has 3 nitrogen and oxygen atoms in total. The number of pyridine rings is 1. The molecule has 0 aliphatic carbocycles. The molecular weight excluding hydrogens is 154 g/mol. The van der Waals surface area contributed by atoms with Gasteiger partial charge in [-0.3, -0.25) is 0 Å². The molecule has 0 unspecified atom stereocenters. The zero-order valence-corrected chi connectivity index (χ0v) is 7.00. The van der Waals surface area contributed by atoms with Crippen LogP contribution in [0.4, 0.5) is 0 Å². The summed E-state index contributed by atoms with van der Waals surface area (Å²) in [7, 11) is 3.10. The topological polar surface area (TPSA) is 31.4 Å². The number of rotatable bonds is 2. The molecular formula is C9H9NO2. The van der Waals surface area contributed by atoms with Gasteiger partial charge < -0.3 is 9.47 Å². The first-order valence-corrected chi connectivity index (χ1v) is 3.36. The van der Waals surface area contributed by atoms with E-state index in [2.05, 4.69) is 10.9 Å². The molecule has 0 radical (unpaired) electrons. The van der Waals surface area contributed by atoms with E-state index in [9.17, 15) is 0 Å². The van der Waals surface area contributed by atoms with Gasteiger partial charge in [0.15, 0.2) is 11.4 Å². The van der Waals surface area contributed by atoms with Gasteiger partial charge in [0.25, 0.3) is 0 Å². The fourth-order valence-electron chi connectivity index (χ4n) is 0.802. The Kier molecular flexibility index (Phi) is 2.54. The third-order valence-electron chi connectivity index (χ3n) is 1.42. The van der Waals surface area contributed by atoms with E-state index in [-0.39, 0.29) is 0 Å². The summed E-state index contributed by atoms with van der Waals surface area (Å²) < 4.78 is 9.94. The van der Waals surface area contributed by atoms with Gasteiger partial charge >= 0.3 is 0 Å². The van der Waals surface area contributed by atoms with Crippen molar-refractivity contribution in [3.63, 3.8) is 0 Å². The number of terminal acetylenes is 1. The van der Waals surface area contributed by atoms with Gasteiger partial charge in [-0.1, -0.05) is 0 Å². The molecule has 62 valence electrons. The maximum absolute atomic E-state index is 5.18. The van der Waals surface area contributed by atoms with Crippen molar-refractivity contribution in [2.24, 2.45) is 0 Å². The predicted molar refractivity (Wildman–Crippen MR) is 45.3 cm³/mol. The van der Waals surface area contributed by atoms with E-state index < -0.39 is 0 Å². The standard InChI is InChI=1S/C9H9NO2/c1-4-8-9(12-3)5-7(11-2)6-10-8/h1,5-6H,2-3H3. The largest absolute Gasteiger partial charge is 0.495 e. The van der Waals surface area contributed by atoms with Crippen LogP contribution in [0.3, 0.4) is 0 Å². The Morgan fingerprint density at radius 3 is 2.67 bits per heavy atom. The number of nitrogens with zero attached hydrogens (tertiary/aromatic N) is 1. The molecule has 1 aromatic heterocycles. The minimum Gasteiger partial charge on any atom is -0.495 e. The summed E-state index contributed by atoms with van der Waals surface area (Å²) in [5, 5.41) is 0. The normalized spacial score (nSPS) is 8.75. The van der Waals surface area contributed by atoms with Crippen molar-refractivity contribution in [1.82, 2.24) is 4.98 Å². The molecule has 0 aliphatic heterocycles. The highest BCUT2D eigenvalue weighted by Crippen LogP contribution is 2.20. The lowest BCUT2D eigenvalue weighted by atomic mass is 10.3. The van der Waals surface area contributed by atoms with Crippen molar-refractivity contribution >= 4 is 0 Å². The summed E-state index contributed by atoms with van der Waals surface area (Å²) in [6, 6.07) is 1.70. The van der Waals surface area contributed by atoms with Gasteiger partial charge in [0.2, 0.25) is 0 Å². The second-order valence-corrected chi connectivity index (χ2v) is 2.07. The second-order valence-electron chi connectivity index (χ2n) is 2.07. The van der Waals surface area contributed by atoms with Crippen LogP contribution in [-0.2, 0) is 0 Å². The van der Waals surface area contributed by atoms with E-state index >= 15 is 0 Å². The Hall–Kier alpha value is -1.69. The lowest BCUT2D eigenvalue weighted by Crippen LogP contribution is -1.92. The van der Waals surface area contributed by atoms with E-state index in [1.807, 2.05) is 0 Å². The smallest absolute Gasteiger partial charge is 0.156 e. The summed E-state index contributed by atoms with van der Waals surface area (Å²) in [4.78, 5) is 3.95. The summed E-state index contributed by atoms with van der Waals surface area (Å²) >= 11 is 0. The van der Waals surface area contributed by atoms with Crippen LogP contribution in [0, 0.1) is 12.3 Å². The number of ether oxygens (including phenoxy) is 2. The predicted octanol–water partition coefficient (Wildman–Crippen LogP) is 1.08. The van der Waals surface area contributed by atoms with Gasteiger partial charge in [-0.15, -0.1) is 6.42 Å². The molecule has 1 aromatic rings. The van der Waals surface area contributed by atoms with Crippen LogP contribution >= 0.6 is 0 Å². The zero-order chi connectivity index (χ0) is 8.97. The van der Waals surface area contributed by atoms with Gasteiger partial charge in [0.05, 0.1) is 20.4 Å². The van der Waals surface area contributed by atoms with Gasteiger partial charge in [-0.05, 0) is 5.92 Å². The molecule has 3 heteroatoms. The van der Waals surface area contributed by atoms with E-state index in [1.54, 1.807) is 19.4 Å². The van der Waals surface area contributed by atoms with E-state index in [0.717, 1.165) is 0 Å². The Bertz CT molecular complexity index is 315. The maximum Gasteiger partial charge on any atom is 0.156 e. The Labute approximate surface area is 71.3 Å². The maximum atomic E-state index is 5.18. The number of hydrogen-bond donors (Lipinski definition) is 0. The van der Waals surface area contributed by atoms with E-state index in [0.29, 0.717) is 17.2 Å². The van der Waals surface area contributed by atoms with Crippen LogP contribution in [0.15, 0.2) is 12.3 Å². The third kappa shape index (κ3) is 1.48. The van der Waals surface area contributed by atoms with Crippen molar-refractivity contribution < 1.29 is 9.47 Å². The summed E-state index contributed by atoms with van der Waals surface area (Å²) in [5.74, 6) is 3.59. The molecule has 0 amide bonds. The number of aromatic nitrogens is 1. The SMILES string of the molecule is C#Cc1ncc(OC)cc1OC. The fourth-order valence-corrected chi connectivity index (χ4v) is 0.802. The van der Waals surface area contributed by atoms with Crippen LogP contribution in [0.1, 0.15) is 5.69 Å². The Morgan fingerprint density at radius 2 is 2.17 bits per heavy atom. The zero-order valence-electron chi connectivity index (χ0n) is 7.00. The van der Waals surface area contributed by atoms with Gasteiger partial charge in [0, 0.05) is 6.07 Å². The van der Waals surface area contributed by atoms with Crippen molar-refractivity contribution in [2.45, 2.75) is 0 Å². The Morgan fingerprint density at radius 1 is 1.42 bits per heavy atom. The van der Waals surface area contributed by atoms with Crippen LogP contribution in [0.5, 0.6) is 11.5 Å². The fraction of sp³-hybridized carbons (Fsp3) is 0.222. The molecule has 0 aliphatic rings. The first-order chi connectivity index (χ1) is 5.81. The van der Waals surface area contributed by atoms with Crippen LogP contribution < -0.4 is 9.47 Å². The molecule has 0 saturated carbocycles. The van der Waals surface area contributed by atoms with Crippen LogP contribution in [0.2, 0.25) is 0 Å². The molecule has 0 atom stereocenters. The minimum absolute atomic E-state index is 0.485. The van der Waals surface area contributed by atoms with Crippen molar-refractivity contribution in [3.8, 4) is 23.8 Å². The van der Waals surface area contributed by atoms with Gasteiger partial charge in [0.1, 0.15) is 5.75 Å². The molecule has 0 spiro atoms. The van der Waals surface area contributed by atoms with E-state index in [1.165, 1.54) is 7.11 Å². The molecule has 1 rings (SSSR count). The molecule has 0 saturated heterocycles. The number of methoxy groups -OCH3 is 2. The highest BCUT2D eigenvalue weighted by Gasteiger charge is 2.02. The summed E-state index contributed by atoms with van der Waals surface area (Å²) in [6.07, 6.45) is 6.74. The quantitative estimate of drug-likeness (QED) is 0.611. The van der Waals surface area contributed by atoms with Crippen molar-refractivity contribution in [2.75, 3.05) is 14.2 Å². The lowest BCUT2D eigenvalue weighted by Gasteiger charge is -2.04. The average Bonchev–Trinajstić information content (AvgIpc) is 2.16. The molecule has 1 heterocycles. The molecule has 0 N–H and O–H groups in total. The van der Waals surface area contributed by atoms with Crippen LogP contribution in [-0.4, -0.2) is 19.2 Å². The second kappa shape index (κ2) is 3.63. The summed E-state index contributed by atoms with van der Waals surface area (Å²) in [5.41, 5.74) is 0.485. The van der Waals surface area contributed by atoms with Gasteiger partial charge in [-0.25, -0.2) is 4.98 Å². The first kappa shape index (κ1) is 8.41. The number of hydrogen-bond acceptors (Lipinski definition) is 3.